The molecule has 2 heterocycles. The Morgan fingerprint density at radius 3 is 2.38 bits per heavy atom. The van der Waals surface area contributed by atoms with E-state index in [0.717, 1.165) is 11.3 Å². The van der Waals surface area contributed by atoms with E-state index in [1.165, 1.54) is 11.1 Å². The summed E-state index contributed by atoms with van der Waals surface area (Å²) in [6.07, 6.45) is 0.428. The molecule has 0 bridgehead atoms. The molecule has 0 aliphatic carbocycles. The number of benzene rings is 2. The molecule has 0 spiro atoms. The number of carbonyl (C=O) groups excluding carboxylic acids is 2. The Bertz CT molecular complexity index is 1020. The minimum atomic E-state index is -0.352. The molecule has 2 aliphatic heterocycles. The molecule has 32 heavy (non-hydrogen) atoms. The van der Waals surface area contributed by atoms with E-state index in [1.807, 2.05) is 29.2 Å². The summed E-state index contributed by atoms with van der Waals surface area (Å²) in [4.78, 5) is 28.6. The van der Waals surface area contributed by atoms with Crippen molar-refractivity contribution in [1.29, 1.82) is 0 Å². The lowest BCUT2D eigenvalue weighted by atomic mass is 9.98. The number of rotatable bonds is 5. The van der Waals surface area contributed by atoms with Gasteiger partial charge in [0.15, 0.2) is 0 Å². The van der Waals surface area contributed by atoms with Gasteiger partial charge in [-0.05, 0) is 23.8 Å². The lowest BCUT2D eigenvalue weighted by Crippen LogP contribution is -2.50. The largest absolute Gasteiger partial charge is 0.497 e. The van der Waals surface area contributed by atoms with Crippen molar-refractivity contribution < 1.29 is 18.7 Å². The van der Waals surface area contributed by atoms with E-state index < -0.39 is 0 Å². The lowest BCUT2D eigenvalue weighted by Gasteiger charge is -2.34. The van der Waals surface area contributed by atoms with Crippen LogP contribution in [0.5, 0.6) is 5.75 Å². The zero-order chi connectivity index (χ0) is 22.7. The molecular formula is C24H27FN4O3. The van der Waals surface area contributed by atoms with E-state index in [9.17, 15) is 14.0 Å². The molecule has 2 aromatic rings. The van der Waals surface area contributed by atoms with Crippen LogP contribution >= 0.6 is 0 Å². The zero-order valence-electron chi connectivity index (χ0n) is 18.3. The number of piperazine rings is 1. The van der Waals surface area contributed by atoms with Crippen molar-refractivity contribution >= 4 is 17.5 Å². The summed E-state index contributed by atoms with van der Waals surface area (Å²) >= 11 is 0. The fourth-order valence-electron chi connectivity index (χ4n) is 4.17. The van der Waals surface area contributed by atoms with E-state index in [2.05, 4.69) is 5.10 Å². The fourth-order valence-corrected chi connectivity index (χ4v) is 4.17. The van der Waals surface area contributed by atoms with Gasteiger partial charge >= 0.3 is 0 Å². The summed E-state index contributed by atoms with van der Waals surface area (Å²) in [5, 5.41) is 6.05. The van der Waals surface area contributed by atoms with E-state index in [1.54, 1.807) is 37.1 Å². The van der Waals surface area contributed by atoms with Gasteiger partial charge in [-0.1, -0.05) is 30.3 Å². The van der Waals surface area contributed by atoms with Gasteiger partial charge in [-0.2, -0.15) is 5.10 Å². The second kappa shape index (κ2) is 9.48. The Morgan fingerprint density at radius 2 is 1.75 bits per heavy atom. The topological polar surface area (TPSA) is 65.5 Å². The predicted octanol–water partition coefficient (Wildman–Crippen LogP) is 2.68. The van der Waals surface area contributed by atoms with Crippen molar-refractivity contribution in [3.8, 4) is 5.75 Å². The molecule has 4 rings (SSSR count). The Labute approximate surface area is 187 Å². The van der Waals surface area contributed by atoms with Crippen molar-refractivity contribution in [2.45, 2.75) is 19.4 Å². The molecule has 1 unspecified atom stereocenters. The summed E-state index contributed by atoms with van der Waals surface area (Å²) in [7, 11) is 1.60. The van der Waals surface area contributed by atoms with Crippen LogP contribution in [0.25, 0.3) is 0 Å². The average molecular weight is 439 g/mol. The SMILES string of the molecule is COc1ccc(C2CC(c3ccccc3F)=NN2C(=O)CN2CCN(C(C)=O)CC2)cc1. The third-order valence-corrected chi connectivity index (χ3v) is 6.03. The van der Waals surface area contributed by atoms with Gasteiger partial charge in [-0.15, -0.1) is 0 Å². The second-order valence-electron chi connectivity index (χ2n) is 8.04. The second-order valence-corrected chi connectivity index (χ2v) is 8.04. The first-order valence-corrected chi connectivity index (χ1v) is 10.7. The van der Waals surface area contributed by atoms with Crippen LogP contribution in [0.4, 0.5) is 4.39 Å². The normalized spacial score (nSPS) is 19.1. The monoisotopic (exact) mass is 438 g/mol. The van der Waals surface area contributed by atoms with Crippen LogP contribution in [0.3, 0.4) is 0 Å². The minimum Gasteiger partial charge on any atom is -0.497 e. The number of amides is 2. The molecule has 0 saturated carbocycles. The van der Waals surface area contributed by atoms with E-state index in [-0.39, 0.29) is 30.2 Å². The highest BCUT2D eigenvalue weighted by atomic mass is 19.1. The van der Waals surface area contributed by atoms with Gasteiger partial charge in [-0.25, -0.2) is 9.40 Å². The van der Waals surface area contributed by atoms with Gasteiger partial charge in [0.2, 0.25) is 5.91 Å². The van der Waals surface area contributed by atoms with Gasteiger partial charge < -0.3 is 9.64 Å². The van der Waals surface area contributed by atoms with Crippen LogP contribution in [0.1, 0.15) is 30.5 Å². The van der Waals surface area contributed by atoms with Gasteiger partial charge in [0.1, 0.15) is 11.6 Å². The maximum Gasteiger partial charge on any atom is 0.257 e. The van der Waals surface area contributed by atoms with Crippen LogP contribution in [0, 0.1) is 5.82 Å². The highest BCUT2D eigenvalue weighted by molar-refractivity contribution is 6.03. The molecule has 1 atom stereocenters. The third kappa shape index (κ3) is 4.65. The highest BCUT2D eigenvalue weighted by Gasteiger charge is 2.35. The molecule has 168 valence electrons. The Hall–Kier alpha value is -3.26. The molecule has 2 aromatic carbocycles. The molecule has 8 heteroatoms. The van der Waals surface area contributed by atoms with Crippen LogP contribution in [-0.4, -0.2) is 72.2 Å². The maximum absolute atomic E-state index is 14.4. The fraction of sp³-hybridized carbons (Fsp3) is 0.375. The number of carbonyl (C=O) groups is 2. The minimum absolute atomic E-state index is 0.0502. The maximum atomic E-state index is 14.4. The number of hydrazone groups is 1. The Morgan fingerprint density at radius 1 is 1.06 bits per heavy atom. The first-order chi connectivity index (χ1) is 15.5. The summed E-state index contributed by atoms with van der Waals surface area (Å²) in [6, 6.07) is 13.7. The first-order valence-electron chi connectivity index (χ1n) is 10.7. The summed E-state index contributed by atoms with van der Waals surface area (Å²) in [5.41, 5.74) is 1.88. The van der Waals surface area contributed by atoms with Crippen molar-refractivity contribution in [2.75, 3.05) is 39.8 Å². The molecule has 1 fully saturated rings. The van der Waals surface area contributed by atoms with Crippen LogP contribution in [0.2, 0.25) is 0 Å². The Kier molecular flexibility index (Phi) is 6.50. The number of halogens is 1. The van der Waals surface area contributed by atoms with E-state index >= 15 is 0 Å². The van der Waals surface area contributed by atoms with Crippen molar-refractivity contribution in [3.63, 3.8) is 0 Å². The Balaban J connectivity index is 1.55. The lowest BCUT2D eigenvalue weighted by molar-refractivity contribution is -0.135. The zero-order valence-corrected chi connectivity index (χ0v) is 18.3. The average Bonchev–Trinajstić information content (AvgIpc) is 3.25. The van der Waals surface area contributed by atoms with Crippen LogP contribution < -0.4 is 4.74 Å². The molecular weight excluding hydrogens is 411 g/mol. The molecule has 0 aromatic heterocycles. The first kappa shape index (κ1) is 22.0. The molecule has 2 aliphatic rings. The molecule has 2 amide bonds. The van der Waals surface area contributed by atoms with Gasteiger partial charge in [0.25, 0.3) is 5.91 Å². The third-order valence-electron chi connectivity index (χ3n) is 6.03. The standard InChI is InChI=1S/C24H27FN4O3/c1-17(30)28-13-11-27(12-14-28)16-24(31)29-23(18-7-9-19(32-2)10-8-18)15-22(26-29)20-5-3-4-6-21(20)25/h3-10,23H,11-16H2,1-2H3. The van der Waals surface area contributed by atoms with Crippen LogP contribution in [-0.2, 0) is 9.59 Å². The summed E-state index contributed by atoms with van der Waals surface area (Å²) in [6.45, 7) is 4.24. The van der Waals surface area contributed by atoms with Crippen molar-refractivity contribution in [1.82, 2.24) is 14.8 Å². The summed E-state index contributed by atoms with van der Waals surface area (Å²) in [5.74, 6) is 0.278. The molecule has 1 saturated heterocycles. The van der Waals surface area contributed by atoms with E-state index in [0.29, 0.717) is 43.9 Å². The smallest absolute Gasteiger partial charge is 0.257 e. The number of methoxy groups -OCH3 is 1. The highest BCUT2D eigenvalue weighted by Crippen LogP contribution is 2.34. The van der Waals surface area contributed by atoms with Gasteiger partial charge in [0.05, 0.1) is 25.4 Å². The van der Waals surface area contributed by atoms with Crippen molar-refractivity contribution in [2.24, 2.45) is 5.10 Å². The van der Waals surface area contributed by atoms with Gasteiger partial charge in [-0.3, -0.25) is 14.5 Å². The predicted molar refractivity (Wildman–Crippen MR) is 119 cm³/mol. The number of hydrogen-bond acceptors (Lipinski definition) is 5. The molecule has 7 nitrogen and oxygen atoms in total. The van der Waals surface area contributed by atoms with Gasteiger partial charge in [0, 0.05) is 45.1 Å². The van der Waals surface area contributed by atoms with Crippen LogP contribution in [0.15, 0.2) is 53.6 Å². The summed E-state index contributed by atoms with van der Waals surface area (Å²) < 4.78 is 19.7. The number of hydrogen-bond donors (Lipinski definition) is 0. The number of nitrogens with zero attached hydrogens (tertiary/aromatic N) is 4. The molecule has 0 radical (unpaired) electrons. The molecule has 0 N–H and O–H groups in total. The van der Waals surface area contributed by atoms with E-state index in [4.69, 9.17) is 4.74 Å². The quantitative estimate of drug-likeness (QED) is 0.720. The number of ether oxygens (including phenoxy) is 1. The van der Waals surface area contributed by atoms with Crippen molar-refractivity contribution in [3.05, 3.63) is 65.5 Å².